The Morgan fingerprint density at radius 1 is 1.16 bits per heavy atom. The van der Waals surface area contributed by atoms with Crippen LogP contribution in [0.2, 0.25) is 0 Å². The molecule has 0 saturated carbocycles. The number of carboxylic acid groups (broad SMARTS) is 1. The lowest BCUT2D eigenvalue weighted by molar-refractivity contribution is -0.192. The molecule has 3 rings (SSSR count). The van der Waals surface area contributed by atoms with Crippen LogP contribution < -0.4 is 10.6 Å². The number of nitrogens with one attached hydrogen (secondary N) is 2. The van der Waals surface area contributed by atoms with Gasteiger partial charge in [0.15, 0.2) is 0 Å². The number of piperidine rings is 1. The van der Waals surface area contributed by atoms with Crippen molar-refractivity contribution in [3.8, 4) is 11.6 Å². The van der Waals surface area contributed by atoms with E-state index in [1.807, 2.05) is 0 Å². The summed E-state index contributed by atoms with van der Waals surface area (Å²) in [7, 11) is 0. The third-order valence-corrected chi connectivity index (χ3v) is 4.33. The Labute approximate surface area is 180 Å². The van der Waals surface area contributed by atoms with Crippen molar-refractivity contribution < 1.29 is 36.7 Å². The van der Waals surface area contributed by atoms with Gasteiger partial charge < -0.3 is 20.2 Å². The van der Waals surface area contributed by atoms with Crippen LogP contribution in [-0.4, -0.2) is 55.5 Å². The summed E-state index contributed by atoms with van der Waals surface area (Å²) in [5, 5.41) is 21.2. The molecule has 1 fully saturated rings. The summed E-state index contributed by atoms with van der Waals surface area (Å²) >= 11 is 0. The maximum absolute atomic E-state index is 12.9. The van der Waals surface area contributed by atoms with Gasteiger partial charge in [-0.1, -0.05) is 0 Å². The number of aliphatic carboxylic acids is 1. The van der Waals surface area contributed by atoms with Gasteiger partial charge in [-0.2, -0.15) is 13.2 Å². The summed E-state index contributed by atoms with van der Waals surface area (Å²) in [6, 6.07) is 2.66. The SMILES string of the molecule is CC1(C)CC(NC(=O)c2nnc(-c3ccc(F)cn3)o2)CC(C)(C)N1.O=C(O)C(F)(F)F. The zero-order chi connectivity index (χ0) is 24.3. The topological polar surface area (TPSA) is 130 Å². The van der Waals surface area contributed by atoms with Gasteiger partial charge in [-0.25, -0.2) is 14.2 Å². The van der Waals surface area contributed by atoms with Crippen LogP contribution in [0.25, 0.3) is 11.6 Å². The molecule has 176 valence electrons. The molecule has 0 atom stereocenters. The number of nitrogens with zero attached hydrogens (tertiary/aromatic N) is 3. The fraction of sp³-hybridized carbons (Fsp3) is 0.526. The number of carbonyl (C=O) groups excluding carboxylic acids is 1. The fourth-order valence-corrected chi connectivity index (χ4v) is 3.59. The first-order chi connectivity index (χ1) is 14.6. The van der Waals surface area contributed by atoms with Gasteiger partial charge in [-0.05, 0) is 52.7 Å². The summed E-state index contributed by atoms with van der Waals surface area (Å²) in [4.78, 5) is 25.2. The second-order valence-corrected chi connectivity index (χ2v) is 8.55. The lowest BCUT2D eigenvalue weighted by Gasteiger charge is -2.46. The van der Waals surface area contributed by atoms with Crippen LogP contribution in [0, 0.1) is 5.82 Å². The van der Waals surface area contributed by atoms with Crippen molar-refractivity contribution in [2.24, 2.45) is 0 Å². The van der Waals surface area contributed by atoms with Gasteiger partial charge in [0.1, 0.15) is 11.5 Å². The third-order valence-electron chi connectivity index (χ3n) is 4.33. The predicted octanol–water partition coefficient (Wildman–Crippen LogP) is 2.94. The molecule has 1 amide bonds. The Morgan fingerprint density at radius 3 is 2.19 bits per heavy atom. The number of hydrogen-bond acceptors (Lipinski definition) is 7. The van der Waals surface area contributed by atoms with Crippen molar-refractivity contribution in [1.29, 1.82) is 0 Å². The summed E-state index contributed by atoms with van der Waals surface area (Å²) in [6.07, 6.45) is -2.44. The summed E-state index contributed by atoms with van der Waals surface area (Å²) in [5.74, 6) is -3.68. The Hall–Kier alpha value is -3.09. The molecular formula is C19H23F4N5O4. The minimum absolute atomic E-state index is 0.00181. The molecule has 1 saturated heterocycles. The highest BCUT2D eigenvalue weighted by molar-refractivity contribution is 5.89. The molecule has 3 N–H and O–H groups in total. The van der Waals surface area contributed by atoms with Crippen molar-refractivity contribution >= 4 is 11.9 Å². The van der Waals surface area contributed by atoms with Crippen molar-refractivity contribution in [3.05, 3.63) is 30.0 Å². The van der Waals surface area contributed by atoms with E-state index >= 15 is 0 Å². The molecule has 2 aromatic rings. The van der Waals surface area contributed by atoms with Crippen molar-refractivity contribution in [1.82, 2.24) is 25.8 Å². The molecule has 32 heavy (non-hydrogen) atoms. The van der Waals surface area contributed by atoms with Crippen LogP contribution >= 0.6 is 0 Å². The first-order valence-corrected chi connectivity index (χ1v) is 9.44. The quantitative estimate of drug-likeness (QED) is 0.595. The maximum Gasteiger partial charge on any atom is 0.490 e. The van der Waals surface area contributed by atoms with E-state index in [9.17, 15) is 22.4 Å². The van der Waals surface area contributed by atoms with E-state index in [-0.39, 0.29) is 28.9 Å². The van der Waals surface area contributed by atoms with E-state index in [1.165, 1.54) is 12.1 Å². The zero-order valence-corrected chi connectivity index (χ0v) is 17.7. The Morgan fingerprint density at radius 2 is 1.72 bits per heavy atom. The molecule has 0 spiro atoms. The first-order valence-electron chi connectivity index (χ1n) is 9.44. The smallest absolute Gasteiger partial charge is 0.475 e. The number of aromatic nitrogens is 3. The average molecular weight is 461 g/mol. The molecular weight excluding hydrogens is 438 g/mol. The zero-order valence-electron chi connectivity index (χ0n) is 17.7. The van der Waals surface area contributed by atoms with Gasteiger partial charge in [-0.15, -0.1) is 10.2 Å². The van der Waals surface area contributed by atoms with Crippen LogP contribution in [0.3, 0.4) is 0 Å². The number of hydrogen-bond donors (Lipinski definition) is 3. The van der Waals surface area contributed by atoms with E-state index in [2.05, 4.69) is 53.5 Å². The lowest BCUT2D eigenvalue weighted by atomic mass is 9.79. The standard InChI is InChI=1S/C17H22FN5O2.C2HF3O2/c1-16(2)7-11(8-17(3,4)23-16)20-13(24)15-22-21-14(25-15)12-6-5-10(18)9-19-12;3-2(4,5)1(6)7/h5-6,9,11,23H,7-8H2,1-4H3,(H,20,24);(H,6,7). The molecule has 0 radical (unpaired) electrons. The van der Waals surface area contributed by atoms with Crippen molar-refractivity contribution in [2.75, 3.05) is 0 Å². The van der Waals surface area contributed by atoms with Gasteiger partial charge in [-0.3, -0.25) is 4.79 Å². The van der Waals surface area contributed by atoms with Gasteiger partial charge in [0.25, 0.3) is 5.89 Å². The molecule has 13 heteroatoms. The van der Waals surface area contributed by atoms with Crippen LogP contribution in [0.1, 0.15) is 51.2 Å². The van der Waals surface area contributed by atoms with Crippen LogP contribution in [0.4, 0.5) is 17.6 Å². The predicted molar refractivity (Wildman–Crippen MR) is 103 cm³/mol. The van der Waals surface area contributed by atoms with Gasteiger partial charge in [0.2, 0.25) is 0 Å². The lowest BCUT2D eigenvalue weighted by Crippen LogP contribution is -2.62. The van der Waals surface area contributed by atoms with Crippen molar-refractivity contribution in [2.45, 2.75) is 63.8 Å². The molecule has 9 nitrogen and oxygen atoms in total. The van der Waals surface area contributed by atoms with Crippen LogP contribution in [0.15, 0.2) is 22.7 Å². The highest BCUT2D eigenvalue weighted by Crippen LogP contribution is 2.28. The highest BCUT2D eigenvalue weighted by atomic mass is 19.4. The Balaban J connectivity index is 0.000000451. The maximum atomic E-state index is 12.9. The Bertz CT molecular complexity index is 941. The second-order valence-electron chi connectivity index (χ2n) is 8.55. The average Bonchev–Trinajstić information content (AvgIpc) is 3.09. The van der Waals surface area contributed by atoms with E-state index in [1.54, 1.807) is 0 Å². The molecule has 1 aliphatic heterocycles. The van der Waals surface area contributed by atoms with E-state index in [4.69, 9.17) is 14.3 Å². The molecule has 2 aromatic heterocycles. The molecule has 1 aliphatic rings. The number of rotatable bonds is 3. The third kappa shape index (κ3) is 7.25. The summed E-state index contributed by atoms with van der Waals surface area (Å²) in [6.45, 7) is 8.44. The highest BCUT2D eigenvalue weighted by Gasteiger charge is 2.39. The summed E-state index contributed by atoms with van der Waals surface area (Å²) < 4.78 is 50.0. The molecule has 0 unspecified atom stereocenters. The normalized spacial score (nSPS) is 17.8. The largest absolute Gasteiger partial charge is 0.490 e. The number of amides is 1. The van der Waals surface area contributed by atoms with Gasteiger partial charge >= 0.3 is 23.9 Å². The second kappa shape index (κ2) is 9.18. The number of alkyl halides is 3. The van der Waals surface area contributed by atoms with Crippen LogP contribution in [0.5, 0.6) is 0 Å². The monoisotopic (exact) mass is 461 g/mol. The van der Waals surface area contributed by atoms with Crippen LogP contribution in [-0.2, 0) is 4.79 Å². The van der Waals surface area contributed by atoms with E-state index in [0.29, 0.717) is 5.69 Å². The van der Waals surface area contributed by atoms with Gasteiger partial charge in [0, 0.05) is 17.1 Å². The molecule has 3 heterocycles. The number of carbonyl (C=O) groups is 2. The Kier molecular flexibility index (Phi) is 7.23. The fourth-order valence-electron chi connectivity index (χ4n) is 3.59. The van der Waals surface area contributed by atoms with E-state index in [0.717, 1.165) is 19.0 Å². The summed E-state index contributed by atoms with van der Waals surface area (Å²) in [5.41, 5.74) is 0.146. The first kappa shape index (κ1) is 25.2. The number of carboxylic acids is 1. The van der Waals surface area contributed by atoms with E-state index < -0.39 is 23.9 Å². The number of halogens is 4. The van der Waals surface area contributed by atoms with Gasteiger partial charge in [0.05, 0.1) is 6.20 Å². The van der Waals surface area contributed by atoms with Crippen molar-refractivity contribution in [3.63, 3.8) is 0 Å². The minimum atomic E-state index is -5.08. The molecule has 0 aromatic carbocycles. The number of pyridine rings is 1. The molecule has 0 aliphatic carbocycles. The minimum Gasteiger partial charge on any atom is -0.475 e. The molecule has 0 bridgehead atoms.